The second-order valence-electron chi connectivity index (χ2n) is 5.41. The van der Waals surface area contributed by atoms with Crippen LogP contribution >= 0.6 is 0 Å². The fourth-order valence-electron chi connectivity index (χ4n) is 2.02. The Labute approximate surface area is 155 Å². The van der Waals surface area contributed by atoms with Crippen LogP contribution in [0.15, 0.2) is 59.5 Å². The lowest BCUT2D eigenvalue weighted by Crippen LogP contribution is -2.48. The molecule has 0 fully saturated rings. The third-order valence-corrected chi connectivity index (χ3v) is 4.81. The van der Waals surface area contributed by atoms with Crippen LogP contribution in [-0.4, -0.2) is 38.2 Å². The van der Waals surface area contributed by atoms with Crippen molar-refractivity contribution in [3.05, 3.63) is 66.0 Å². The largest absolute Gasteiger partial charge is 0.480 e. The first-order valence-electron chi connectivity index (χ1n) is 7.73. The van der Waals surface area contributed by atoms with Gasteiger partial charge in [-0.3, -0.25) is 0 Å². The van der Waals surface area contributed by atoms with Crippen molar-refractivity contribution < 1.29 is 32.2 Å². The van der Waals surface area contributed by atoms with Crippen LogP contribution in [0.3, 0.4) is 0 Å². The van der Waals surface area contributed by atoms with Gasteiger partial charge < -0.3 is 15.2 Å². The van der Waals surface area contributed by atoms with Crippen molar-refractivity contribution in [1.82, 2.24) is 10.0 Å². The summed E-state index contributed by atoms with van der Waals surface area (Å²) in [7, 11) is -4.15. The maximum atomic E-state index is 13.2. The molecule has 27 heavy (non-hydrogen) atoms. The van der Waals surface area contributed by atoms with Crippen LogP contribution in [0.1, 0.15) is 5.56 Å². The standard InChI is InChI=1S/C17H17FN2O6S/c18-13-7-4-8-14(9-13)27(24,25)19-10-15(16(21)22)20-17(23)26-11-12-5-2-1-3-6-12/h1-9,15,19H,10-11H2,(H,20,23)(H,21,22). The second kappa shape index (κ2) is 9.10. The van der Waals surface area contributed by atoms with Crippen LogP contribution in [0.5, 0.6) is 0 Å². The van der Waals surface area contributed by atoms with Crippen molar-refractivity contribution in [2.24, 2.45) is 0 Å². The molecule has 0 heterocycles. The normalized spacial score (nSPS) is 12.2. The van der Waals surface area contributed by atoms with E-state index in [1.807, 2.05) is 4.72 Å². The number of carboxylic acids is 1. The molecule has 0 spiro atoms. The SMILES string of the molecule is O=C(NC(CNS(=O)(=O)c1cccc(F)c1)C(=O)O)OCc1ccccc1. The zero-order valence-corrected chi connectivity index (χ0v) is 14.8. The van der Waals surface area contributed by atoms with E-state index >= 15 is 0 Å². The average Bonchev–Trinajstić information content (AvgIpc) is 2.64. The first-order chi connectivity index (χ1) is 12.8. The highest BCUT2D eigenvalue weighted by atomic mass is 32.2. The lowest BCUT2D eigenvalue weighted by Gasteiger charge is -2.15. The monoisotopic (exact) mass is 396 g/mol. The van der Waals surface area contributed by atoms with Gasteiger partial charge in [-0.25, -0.2) is 27.1 Å². The Kier molecular flexibility index (Phi) is 6.85. The van der Waals surface area contributed by atoms with Gasteiger partial charge in [0.25, 0.3) is 0 Å². The number of hydrogen-bond acceptors (Lipinski definition) is 5. The van der Waals surface area contributed by atoms with Gasteiger partial charge in [-0.15, -0.1) is 0 Å². The Hall–Kier alpha value is -2.98. The summed E-state index contributed by atoms with van der Waals surface area (Å²) >= 11 is 0. The molecule has 0 saturated carbocycles. The van der Waals surface area contributed by atoms with Crippen molar-refractivity contribution >= 4 is 22.1 Å². The lowest BCUT2D eigenvalue weighted by molar-refractivity contribution is -0.139. The Bertz CT molecular complexity index is 905. The molecular weight excluding hydrogens is 379 g/mol. The van der Waals surface area contributed by atoms with Gasteiger partial charge in [0.05, 0.1) is 4.90 Å². The quantitative estimate of drug-likeness (QED) is 0.621. The van der Waals surface area contributed by atoms with E-state index in [-0.39, 0.29) is 11.5 Å². The summed E-state index contributed by atoms with van der Waals surface area (Å²) in [5, 5.41) is 11.2. The molecule has 0 bridgehead atoms. The van der Waals surface area contributed by atoms with Gasteiger partial charge in [0.2, 0.25) is 10.0 Å². The van der Waals surface area contributed by atoms with E-state index in [0.29, 0.717) is 5.56 Å². The molecule has 2 rings (SSSR count). The van der Waals surface area contributed by atoms with E-state index in [9.17, 15) is 22.4 Å². The highest BCUT2D eigenvalue weighted by molar-refractivity contribution is 7.89. The number of carbonyl (C=O) groups excluding carboxylic acids is 1. The lowest BCUT2D eigenvalue weighted by atomic mass is 10.2. The summed E-state index contributed by atoms with van der Waals surface area (Å²) in [6.45, 7) is -0.720. The molecule has 0 saturated heterocycles. The molecule has 3 N–H and O–H groups in total. The average molecular weight is 396 g/mol. The van der Waals surface area contributed by atoms with E-state index in [4.69, 9.17) is 9.84 Å². The first kappa shape index (κ1) is 20.3. The number of hydrogen-bond donors (Lipinski definition) is 3. The molecule has 1 amide bonds. The second-order valence-corrected chi connectivity index (χ2v) is 7.17. The summed E-state index contributed by atoms with van der Waals surface area (Å²) in [5.41, 5.74) is 0.700. The summed E-state index contributed by atoms with van der Waals surface area (Å²) in [4.78, 5) is 22.6. The van der Waals surface area contributed by atoms with Crippen molar-refractivity contribution in [2.45, 2.75) is 17.5 Å². The molecule has 8 nitrogen and oxygen atoms in total. The molecule has 2 aromatic carbocycles. The van der Waals surface area contributed by atoms with Crippen LogP contribution in [0.25, 0.3) is 0 Å². The molecule has 144 valence electrons. The van der Waals surface area contributed by atoms with Gasteiger partial charge in [-0.1, -0.05) is 36.4 Å². The maximum absolute atomic E-state index is 13.2. The zero-order chi connectivity index (χ0) is 19.9. The molecule has 1 unspecified atom stereocenters. The van der Waals surface area contributed by atoms with Crippen LogP contribution in [-0.2, 0) is 26.2 Å². The van der Waals surface area contributed by atoms with Crippen molar-refractivity contribution in [1.29, 1.82) is 0 Å². The van der Waals surface area contributed by atoms with Crippen LogP contribution < -0.4 is 10.0 Å². The van der Waals surface area contributed by atoms with Gasteiger partial charge in [0.15, 0.2) is 0 Å². The van der Waals surface area contributed by atoms with Crippen LogP contribution in [0.4, 0.5) is 9.18 Å². The van der Waals surface area contributed by atoms with E-state index in [1.54, 1.807) is 30.3 Å². The molecule has 0 aliphatic carbocycles. The molecule has 1 atom stereocenters. The molecule has 0 radical (unpaired) electrons. The van der Waals surface area contributed by atoms with Crippen molar-refractivity contribution in [3.63, 3.8) is 0 Å². The van der Waals surface area contributed by atoms with Gasteiger partial charge >= 0.3 is 12.1 Å². The Morgan fingerprint density at radius 2 is 1.81 bits per heavy atom. The number of sulfonamides is 1. The summed E-state index contributed by atoms with van der Waals surface area (Å²) in [6, 6.07) is 11.4. The van der Waals surface area contributed by atoms with Crippen LogP contribution in [0.2, 0.25) is 0 Å². The van der Waals surface area contributed by atoms with Crippen molar-refractivity contribution in [2.75, 3.05) is 6.54 Å². The molecule has 0 aliphatic rings. The number of halogens is 1. The highest BCUT2D eigenvalue weighted by Gasteiger charge is 2.24. The molecular formula is C17H17FN2O6S. The fraction of sp³-hybridized carbons (Fsp3) is 0.176. The summed E-state index contributed by atoms with van der Waals surface area (Å²) in [6.07, 6.45) is -1.02. The third kappa shape index (κ3) is 6.35. The summed E-state index contributed by atoms with van der Waals surface area (Å²) in [5.74, 6) is -2.22. The fourth-order valence-corrected chi connectivity index (χ4v) is 3.10. The topological polar surface area (TPSA) is 122 Å². The number of rotatable bonds is 8. The maximum Gasteiger partial charge on any atom is 0.408 e. The predicted octanol–water partition coefficient (Wildman–Crippen LogP) is 1.48. The Balaban J connectivity index is 1.93. The minimum absolute atomic E-state index is 0.0754. The molecule has 0 aliphatic heterocycles. The molecule has 0 aromatic heterocycles. The van der Waals surface area contributed by atoms with Crippen molar-refractivity contribution in [3.8, 4) is 0 Å². The zero-order valence-electron chi connectivity index (χ0n) is 14.0. The number of amides is 1. The van der Waals surface area contributed by atoms with E-state index in [1.165, 1.54) is 6.07 Å². The van der Waals surface area contributed by atoms with Gasteiger partial charge in [-0.05, 0) is 23.8 Å². The van der Waals surface area contributed by atoms with Gasteiger partial charge in [0, 0.05) is 6.54 Å². The predicted molar refractivity (Wildman–Crippen MR) is 92.8 cm³/mol. The number of ether oxygens (including phenoxy) is 1. The number of alkyl carbamates (subject to hydrolysis) is 1. The van der Waals surface area contributed by atoms with E-state index in [2.05, 4.69) is 5.32 Å². The minimum Gasteiger partial charge on any atom is -0.480 e. The molecule has 10 heteroatoms. The van der Waals surface area contributed by atoms with Crippen LogP contribution in [0, 0.1) is 5.82 Å². The van der Waals surface area contributed by atoms with E-state index < -0.39 is 40.5 Å². The number of carboxylic acid groups (broad SMARTS) is 1. The molecule has 2 aromatic rings. The number of benzene rings is 2. The van der Waals surface area contributed by atoms with E-state index in [0.717, 1.165) is 18.2 Å². The first-order valence-corrected chi connectivity index (χ1v) is 9.21. The smallest absolute Gasteiger partial charge is 0.408 e. The Morgan fingerprint density at radius 3 is 2.44 bits per heavy atom. The van der Waals surface area contributed by atoms with Gasteiger partial charge in [-0.2, -0.15) is 0 Å². The number of carbonyl (C=O) groups is 2. The summed E-state index contributed by atoms with van der Waals surface area (Å²) < 4.78 is 44.3. The number of nitrogens with one attached hydrogen (secondary N) is 2. The minimum atomic E-state index is -4.15. The number of aliphatic carboxylic acids is 1. The van der Waals surface area contributed by atoms with Gasteiger partial charge in [0.1, 0.15) is 18.5 Å². The Morgan fingerprint density at radius 1 is 1.11 bits per heavy atom. The third-order valence-electron chi connectivity index (χ3n) is 3.39. The highest BCUT2D eigenvalue weighted by Crippen LogP contribution is 2.10.